The van der Waals surface area contributed by atoms with E-state index in [-0.39, 0.29) is 47.8 Å². The van der Waals surface area contributed by atoms with Crippen LogP contribution < -0.4 is 15.4 Å². The first-order valence-electron chi connectivity index (χ1n) is 10.6. The van der Waals surface area contributed by atoms with Gasteiger partial charge in [0.2, 0.25) is 5.91 Å². The number of anilines is 1. The fraction of sp³-hybridized carbons (Fsp3) is 0.435. The van der Waals surface area contributed by atoms with Gasteiger partial charge in [0.25, 0.3) is 5.91 Å². The number of alkyl halides is 1. The van der Waals surface area contributed by atoms with Crippen LogP contribution in [0.3, 0.4) is 0 Å². The van der Waals surface area contributed by atoms with E-state index in [0.717, 1.165) is 18.7 Å². The lowest BCUT2D eigenvalue weighted by Gasteiger charge is -2.29. The highest BCUT2D eigenvalue weighted by Gasteiger charge is 2.51. The first kappa shape index (κ1) is 22.1. The van der Waals surface area contributed by atoms with Gasteiger partial charge in [-0.3, -0.25) is 9.59 Å². The van der Waals surface area contributed by atoms with Gasteiger partial charge in [-0.2, -0.15) is 0 Å². The third-order valence-electron chi connectivity index (χ3n) is 6.04. The number of aromatic nitrogens is 1. The monoisotopic (exact) mass is 447 g/mol. The predicted molar refractivity (Wildman–Crippen MR) is 112 cm³/mol. The van der Waals surface area contributed by atoms with Crippen LogP contribution >= 0.6 is 0 Å². The van der Waals surface area contributed by atoms with Crippen molar-refractivity contribution >= 4 is 17.6 Å². The summed E-state index contributed by atoms with van der Waals surface area (Å²) in [4.78, 5) is 28.7. The fourth-order valence-electron chi connectivity index (χ4n) is 4.04. The molecule has 6 nitrogen and oxygen atoms in total. The highest BCUT2D eigenvalue weighted by atomic mass is 19.1. The molecule has 2 fully saturated rings. The molecule has 170 valence electrons. The van der Waals surface area contributed by atoms with Gasteiger partial charge in [0.05, 0.1) is 13.3 Å². The summed E-state index contributed by atoms with van der Waals surface area (Å²) >= 11 is 0. The van der Waals surface area contributed by atoms with Crippen LogP contribution in [0.25, 0.3) is 11.1 Å². The van der Waals surface area contributed by atoms with Crippen molar-refractivity contribution in [3.05, 3.63) is 42.1 Å². The van der Waals surface area contributed by atoms with Crippen LogP contribution in [0.5, 0.6) is 5.75 Å². The van der Waals surface area contributed by atoms with Crippen LogP contribution in [-0.2, 0) is 9.59 Å². The van der Waals surface area contributed by atoms with Gasteiger partial charge < -0.3 is 15.4 Å². The first-order valence-corrected chi connectivity index (χ1v) is 10.6. The van der Waals surface area contributed by atoms with Crippen LogP contribution in [0, 0.1) is 17.6 Å². The van der Waals surface area contributed by atoms with E-state index >= 15 is 0 Å². The number of ether oxygens (including phenoxy) is 1. The Morgan fingerprint density at radius 1 is 1.16 bits per heavy atom. The molecule has 4 rings (SSSR count). The fourth-order valence-corrected chi connectivity index (χ4v) is 4.04. The van der Waals surface area contributed by atoms with E-state index < -0.39 is 23.2 Å². The number of nitrogens with zero attached hydrogens (tertiary/aromatic N) is 1. The van der Waals surface area contributed by atoms with Crippen molar-refractivity contribution < 1.29 is 27.5 Å². The molecule has 0 bridgehead atoms. The summed E-state index contributed by atoms with van der Waals surface area (Å²) in [6, 6.07) is 4.83. The maximum atomic E-state index is 14.4. The van der Waals surface area contributed by atoms with Crippen molar-refractivity contribution in [3.8, 4) is 16.9 Å². The van der Waals surface area contributed by atoms with Gasteiger partial charge in [-0.1, -0.05) is 6.42 Å². The molecule has 2 aliphatic rings. The molecule has 2 aromatic rings. The zero-order valence-electron chi connectivity index (χ0n) is 17.6. The molecule has 0 radical (unpaired) electrons. The van der Waals surface area contributed by atoms with Crippen LogP contribution in [0.1, 0.15) is 38.5 Å². The van der Waals surface area contributed by atoms with Crippen molar-refractivity contribution in [2.45, 2.75) is 50.2 Å². The van der Waals surface area contributed by atoms with Gasteiger partial charge in [0, 0.05) is 29.2 Å². The predicted octanol–water partition coefficient (Wildman–Crippen LogP) is 4.15. The molecule has 0 aliphatic heterocycles. The summed E-state index contributed by atoms with van der Waals surface area (Å²) in [5.74, 6) is -2.16. The second-order valence-electron chi connectivity index (χ2n) is 8.38. The molecule has 0 saturated heterocycles. The van der Waals surface area contributed by atoms with Gasteiger partial charge in [-0.25, -0.2) is 18.2 Å². The Kier molecular flexibility index (Phi) is 6.08. The third kappa shape index (κ3) is 4.71. The molecule has 2 atom stereocenters. The highest BCUT2D eigenvalue weighted by Crippen LogP contribution is 2.40. The molecule has 1 aromatic heterocycles. The van der Waals surface area contributed by atoms with Crippen molar-refractivity contribution in [3.63, 3.8) is 0 Å². The topological polar surface area (TPSA) is 80.3 Å². The Morgan fingerprint density at radius 3 is 2.66 bits per heavy atom. The first-order chi connectivity index (χ1) is 15.3. The quantitative estimate of drug-likeness (QED) is 0.697. The SMILES string of the molecule is COc1cc(F)ccc1-c1cc(NC(=O)[C@H]2CCCC(NC(=O)C3(F)CC3)C2)ncc1F. The summed E-state index contributed by atoms with van der Waals surface area (Å²) in [7, 11) is 1.35. The van der Waals surface area contributed by atoms with Crippen LogP contribution in [-0.4, -0.2) is 35.6 Å². The normalized spacial score (nSPS) is 21.5. The van der Waals surface area contributed by atoms with E-state index in [2.05, 4.69) is 15.6 Å². The highest BCUT2D eigenvalue weighted by molar-refractivity contribution is 5.93. The maximum Gasteiger partial charge on any atom is 0.257 e. The van der Waals surface area contributed by atoms with Gasteiger partial charge in [-0.15, -0.1) is 0 Å². The lowest BCUT2D eigenvalue weighted by Crippen LogP contribution is -2.44. The van der Waals surface area contributed by atoms with Gasteiger partial charge in [0.15, 0.2) is 5.67 Å². The largest absolute Gasteiger partial charge is 0.496 e. The number of methoxy groups -OCH3 is 1. The molecule has 1 heterocycles. The van der Waals surface area contributed by atoms with Crippen molar-refractivity contribution in [2.75, 3.05) is 12.4 Å². The molecule has 1 aromatic carbocycles. The number of carbonyl (C=O) groups excluding carboxylic acids is 2. The van der Waals surface area contributed by atoms with E-state index in [1.54, 1.807) is 0 Å². The lowest BCUT2D eigenvalue weighted by atomic mass is 9.85. The van der Waals surface area contributed by atoms with E-state index in [1.807, 2.05) is 0 Å². The number of pyridine rings is 1. The molecular formula is C23H24F3N3O3. The van der Waals surface area contributed by atoms with E-state index in [0.29, 0.717) is 24.8 Å². The second-order valence-corrected chi connectivity index (χ2v) is 8.38. The summed E-state index contributed by atoms with van der Waals surface area (Å²) in [6.07, 6.45) is 3.89. The van der Waals surface area contributed by atoms with Crippen molar-refractivity contribution in [1.29, 1.82) is 0 Å². The molecular weight excluding hydrogens is 423 g/mol. The van der Waals surface area contributed by atoms with Crippen LogP contribution in [0.15, 0.2) is 30.5 Å². The minimum absolute atomic E-state index is 0.110. The Morgan fingerprint density at radius 2 is 1.94 bits per heavy atom. The van der Waals surface area contributed by atoms with Crippen LogP contribution in [0.4, 0.5) is 19.0 Å². The minimum Gasteiger partial charge on any atom is -0.496 e. The second kappa shape index (κ2) is 8.80. The standard InChI is InChI=1S/C23H24F3N3O3/c1-32-19-10-14(24)5-6-16(19)17-11-20(27-12-18(17)25)29-21(30)13-3-2-4-15(9-13)28-22(31)23(26)7-8-23/h5-6,10-13,15H,2-4,7-9H2,1H3,(H,28,31)(H,27,29,30)/t13-,15?/m0/s1. The van der Waals surface area contributed by atoms with Gasteiger partial charge >= 0.3 is 0 Å². The Balaban J connectivity index is 1.45. The van der Waals surface area contributed by atoms with Crippen molar-refractivity contribution in [2.24, 2.45) is 5.92 Å². The summed E-state index contributed by atoms with van der Waals surface area (Å²) in [6.45, 7) is 0. The Hall–Kier alpha value is -3.10. The average Bonchev–Trinajstić information content (AvgIpc) is 3.54. The third-order valence-corrected chi connectivity index (χ3v) is 6.04. The molecule has 2 amide bonds. The lowest BCUT2D eigenvalue weighted by molar-refractivity contribution is -0.129. The Labute approximate surface area is 183 Å². The smallest absolute Gasteiger partial charge is 0.257 e. The summed E-state index contributed by atoms with van der Waals surface area (Å²) in [5.41, 5.74) is -1.31. The van der Waals surface area contributed by atoms with E-state index in [9.17, 15) is 22.8 Å². The number of rotatable bonds is 6. The minimum atomic E-state index is -1.74. The van der Waals surface area contributed by atoms with Crippen LogP contribution in [0.2, 0.25) is 0 Å². The van der Waals surface area contributed by atoms with E-state index in [4.69, 9.17) is 4.74 Å². The molecule has 2 saturated carbocycles. The number of hydrogen-bond donors (Lipinski definition) is 2. The molecule has 9 heteroatoms. The van der Waals surface area contributed by atoms with E-state index in [1.165, 1.54) is 25.3 Å². The summed E-state index contributed by atoms with van der Waals surface area (Å²) in [5, 5.41) is 5.42. The number of benzene rings is 1. The van der Waals surface area contributed by atoms with Gasteiger partial charge in [-0.05, 0) is 50.3 Å². The summed E-state index contributed by atoms with van der Waals surface area (Å²) < 4.78 is 47.0. The zero-order valence-corrected chi connectivity index (χ0v) is 17.6. The molecule has 32 heavy (non-hydrogen) atoms. The number of amides is 2. The number of hydrogen-bond acceptors (Lipinski definition) is 4. The van der Waals surface area contributed by atoms with Crippen molar-refractivity contribution in [1.82, 2.24) is 10.3 Å². The average molecular weight is 447 g/mol. The maximum absolute atomic E-state index is 14.4. The molecule has 2 N–H and O–H groups in total. The zero-order chi connectivity index (χ0) is 22.9. The van der Waals surface area contributed by atoms with Gasteiger partial charge in [0.1, 0.15) is 23.2 Å². The number of halogens is 3. The molecule has 2 aliphatic carbocycles. The Bertz CT molecular complexity index is 1040. The molecule has 0 spiro atoms. The number of nitrogens with one attached hydrogen (secondary N) is 2. The molecule has 1 unspecified atom stereocenters. The number of carbonyl (C=O) groups is 2.